The van der Waals surface area contributed by atoms with Gasteiger partial charge in [-0.1, -0.05) is 0 Å². The van der Waals surface area contributed by atoms with Crippen LogP contribution in [0, 0.1) is 0 Å². The number of nitrogens with two attached hydrogens (primary N) is 1. The van der Waals surface area contributed by atoms with Gasteiger partial charge in [0, 0.05) is 48.5 Å². The van der Waals surface area contributed by atoms with E-state index >= 15 is 0 Å². The van der Waals surface area contributed by atoms with Crippen molar-refractivity contribution in [1.82, 2.24) is 4.90 Å². The number of nitrogen functional groups attached to an aromatic ring is 1. The fraction of sp³-hybridized carbons (Fsp3) is 0.538. The van der Waals surface area contributed by atoms with Crippen LogP contribution in [0.4, 0.5) is 11.4 Å². The molecule has 4 rings (SSSR count). The lowest BCUT2D eigenvalue weighted by Gasteiger charge is -2.33. The van der Waals surface area contributed by atoms with E-state index in [1.807, 2.05) is 6.07 Å². The molecule has 0 amide bonds. The van der Waals surface area contributed by atoms with Crippen LogP contribution in [-0.4, -0.2) is 37.1 Å². The minimum atomic E-state index is 0.699. The number of fused-ring (bicyclic) bond motifs is 4. The summed E-state index contributed by atoms with van der Waals surface area (Å²) in [4.78, 5) is 5.99. The Balaban J connectivity index is 1.89. The van der Waals surface area contributed by atoms with Crippen molar-refractivity contribution in [2.75, 3.05) is 36.8 Å². The fourth-order valence-electron chi connectivity index (χ4n) is 2.94. The van der Waals surface area contributed by atoms with E-state index in [1.165, 1.54) is 38.2 Å². The topological polar surface area (TPSA) is 32.5 Å². The average Bonchev–Trinajstić information content (AvgIpc) is 2.66. The van der Waals surface area contributed by atoms with E-state index in [9.17, 15) is 0 Å². The second kappa shape index (κ2) is 4.42. The summed E-state index contributed by atoms with van der Waals surface area (Å²) in [6.07, 6.45) is 2.57. The quantitative estimate of drug-likeness (QED) is 0.588. The predicted octanol–water partition coefficient (Wildman–Crippen LogP) is 1.84. The standard InChI is InChI=1S/C13H19N3S/c14-12-2-1-11(9-13(12)17)16-8-7-15-5-3-10(16)4-6-15/h1-2,9-10,17H,3-8,14H2. The number of nitrogens with zero attached hydrogens (tertiary/aromatic N) is 2. The van der Waals surface area contributed by atoms with Gasteiger partial charge in [-0.3, -0.25) is 0 Å². The van der Waals surface area contributed by atoms with Gasteiger partial charge in [-0.2, -0.15) is 0 Å². The maximum absolute atomic E-state index is 5.82. The lowest BCUT2D eigenvalue weighted by atomic mass is 10.0. The largest absolute Gasteiger partial charge is 0.398 e. The molecule has 3 aliphatic heterocycles. The summed E-state index contributed by atoms with van der Waals surface area (Å²) in [6, 6.07) is 6.90. The second-order valence-corrected chi connectivity index (χ2v) is 5.49. The van der Waals surface area contributed by atoms with Gasteiger partial charge in [0.2, 0.25) is 0 Å². The molecule has 0 atom stereocenters. The number of hydrogen-bond acceptors (Lipinski definition) is 4. The first kappa shape index (κ1) is 11.2. The summed E-state index contributed by atoms with van der Waals surface area (Å²) < 4.78 is 0. The van der Waals surface area contributed by atoms with Crippen LogP contribution >= 0.6 is 12.6 Å². The van der Waals surface area contributed by atoms with Gasteiger partial charge >= 0.3 is 0 Å². The van der Waals surface area contributed by atoms with E-state index in [2.05, 4.69) is 34.6 Å². The van der Waals surface area contributed by atoms with E-state index in [0.717, 1.165) is 17.1 Å². The highest BCUT2D eigenvalue weighted by molar-refractivity contribution is 7.80. The summed E-state index contributed by atoms with van der Waals surface area (Å²) >= 11 is 4.42. The number of anilines is 2. The first-order valence-electron chi connectivity index (χ1n) is 6.31. The summed E-state index contributed by atoms with van der Waals surface area (Å²) in [5.74, 6) is 0. The Morgan fingerprint density at radius 2 is 1.88 bits per heavy atom. The molecular formula is C13H19N3S. The van der Waals surface area contributed by atoms with Crippen molar-refractivity contribution in [2.45, 2.75) is 23.8 Å². The first-order valence-corrected chi connectivity index (χ1v) is 6.76. The van der Waals surface area contributed by atoms with Crippen molar-refractivity contribution < 1.29 is 0 Å². The van der Waals surface area contributed by atoms with E-state index in [-0.39, 0.29) is 0 Å². The third-order valence-corrected chi connectivity index (χ3v) is 4.39. The molecule has 1 aromatic rings. The van der Waals surface area contributed by atoms with Crippen LogP contribution in [0.1, 0.15) is 12.8 Å². The number of benzene rings is 1. The van der Waals surface area contributed by atoms with Crippen LogP contribution in [0.2, 0.25) is 0 Å². The van der Waals surface area contributed by atoms with E-state index in [1.54, 1.807) is 0 Å². The highest BCUT2D eigenvalue weighted by Gasteiger charge is 2.29. The molecule has 0 radical (unpaired) electrons. The molecule has 4 heteroatoms. The lowest BCUT2D eigenvalue weighted by molar-refractivity contribution is 0.250. The van der Waals surface area contributed by atoms with E-state index < -0.39 is 0 Å². The van der Waals surface area contributed by atoms with Crippen LogP contribution in [0.25, 0.3) is 0 Å². The molecule has 17 heavy (non-hydrogen) atoms. The molecule has 3 saturated heterocycles. The van der Waals surface area contributed by atoms with Crippen molar-refractivity contribution in [3.63, 3.8) is 0 Å². The molecule has 0 spiro atoms. The average molecular weight is 249 g/mol. The summed E-state index contributed by atoms with van der Waals surface area (Å²) in [7, 11) is 0. The van der Waals surface area contributed by atoms with Gasteiger partial charge in [0.1, 0.15) is 0 Å². The molecule has 2 bridgehead atoms. The molecule has 0 aliphatic carbocycles. The van der Waals surface area contributed by atoms with Crippen LogP contribution < -0.4 is 10.6 Å². The molecule has 3 fully saturated rings. The normalized spacial score (nSPS) is 28.2. The minimum absolute atomic E-state index is 0.699. The van der Waals surface area contributed by atoms with Gasteiger partial charge in [0.05, 0.1) is 0 Å². The van der Waals surface area contributed by atoms with Crippen molar-refractivity contribution in [3.8, 4) is 0 Å². The summed E-state index contributed by atoms with van der Waals surface area (Å²) in [6.45, 7) is 4.82. The zero-order chi connectivity index (χ0) is 11.8. The van der Waals surface area contributed by atoms with Gasteiger partial charge < -0.3 is 15.5 Å². The molecule has 0 aromatic heterocycles. The third kappa shape index (κ3) is 2.11. The monoisotopic (exact) mass is 249 g/mol. The smallest absolute Gasteiger partial charge is 0.0451 e. The zero-order valence-corrected chi connectivity index (χ0v) is 10.9. The zero-order valence-electron chi connectivity index (χ0n) is 9.97. The predicted molar refractivity (Wildman–Crippen MR) is 74.9 cm³/mol. The molecule has 1 aromatic carbocycles. The maximum Gasteiger partial charge on any atom is 0.0451 e. The fourth-order valence-corrected chi connectivity index (χ4v) is 3.14. The van der Waals surface area contributed by atoms with Crippen LogP contribution in [0.5, 0.6) is 0 Å². The lowest BCUT2D eigenvalue weighted by Crippen LogP contribution is -2.37. The third-order valence-electron chi connectivity index (χ3n) is 4.00. The van der Waals surface area contributed by atoms with Gasteiger partial charge in [-0.25, -0.2) is 0 Å². The number of rotatable bonds is 1. The first-order chi connectivity index (χ1) is 8.24. The van der Waals surface area contributed by atoms with Gasteiger partial charge in [-0.05, 0) is 31.0 Å². The van der Waals surface area contributed by atoms with Crippen LogP contribution in [0.15, 0.2) is 23.1 Å². The Morgan fingerprint density at radius 3 is 2.59 bits per heavy atom. The Bertz CT molecular complexity index is 413. The van der Waals surface area contributed by atoms with E-state index in [4.69, 9.17) is 5.73 Å². The highest BCUT2D eigenvalue weighted by Crippen LogP contribution is 2.30. The van der Waals surface area contributed by atoms with E-state index in [0.29, 0.717) is 6.04 Å². The highest BCUT2D eigenvalue weighted by atomic mass is 32.1. The van der Waals surface area contributed by atoms with Crippen molar-refractivity contribution >= 4 is 24.0 Å². The maximum atomic E-state index is 5.82. The molecule has 0 saturated carbocycles. The molecule has 0 unspecified atom stereocenters. The molecule has 2 N–H and O–H groups in total. The number of thiol groups is 1. The Morgan fingerprint density at radius 1 is 1.12 bits per heavy atom. The van der Waals surface area contributed by atoms with Gasteiger partial charge in [0.25, 0.3) is 0 Å². The SMILES string of the molecule is Nc1ccc(N2CCN3CCC2CC3)cc1S. The molecule has 3 heterocycles. The minimum Gasteiger partial charge on any atom is -0.398 e. The van der Waals surface area contributed by atoms with Crippen LogP contribution in [0.3, 0.4) is 0 Å². The molecular weight excluding hydrogens is 230 g/mol. The summed E-state index contributed by atoms with van der Waals surface area (Å²) in [5, 5.41) is 0. The molecule has 92 valence electrons. The summed E-state index contributed by atoms with van der Waals surface area (Å²) in [5.41, 5.74) is 7.86. The Labute approximate surface area is 108 Å². The van der Waals surface area contributed by atoms with Gasteiger partial charge in [-0.15, -0.1) is 12.6 Å². The van der Waals surface area contributed by atoms with Gasteiger partial charge in [0.15, 0.2) is 0 Å². The molecule has 3 aliphatic rings. The number of piperidine rings is 1. The van der Waals surface area contributed by atoms with Crippen molar-refractivity contribution in [2.24, 2.45) is 0 Å². The Kier molecular flexibility index (Phi) is 2.92. The Hall–Kier alpha value is -0.870. The van der Waals surface area contributed by atoms with Crippen LogP contribution in [-0.2, 0) is 0 Å². The molecule has 3 nitrogen and oxygen atoms in total. The second-order valence-electron chi connectivity index (χ2n) is 5.01. The van der Waals surface area contributed by atoms with Crippen molar-refractivity contribution in [1.29, 1.82) is 0 Å². The number of hydrogen-bond donors (Lipinski definition) is 2. The van der Waals surface area contributed by atoms with Crippen molar-refractivity contribution in [3.05, 3.63) is 18.2 Å².